The molecule has 1 fully saturated rings. The van der Waals surface area contributed by atoms with E-state index in [1.165, 1.54) is 11.3 Å². The van der Waals surface area contributed by atoms with E-state index in [9.17, 15) is 4.79 Å². The Hall–Kier alpha value is -1.01. The number of carbonyl (C=O) groups excluding carboxylic acids is 1. The molecule has 112 valence electrons. The minimum atomic E-state index is -0.452. The normalized spacial score (nSPS) is 17.0. The predicted octanol–water partition coefficient (Wildman–Crippen LogP) is 3.24. The quantitative estimate of drug-likeness (QED) is 0.797. The van der Waals surface area contributed by atoms with E-state index in [2.05, 4.69) is 9.88 Å². The van der Waals surface area contributed by atoms with E-state index < -0.39 is 5.60 Å². The molecule has 1 aliphatic heterocycles. The number of anilines is 1. The van der Waals surface area contributed by atoms with Gasteiger partial charge >= 0.3 is 6.09 Å². The molecule has 7 heteroatoms. The number of nitrogens with zero attached hydrogens (tertiary/aromatic N) is 3. The molecule has 0 saturated carbocycles. The molecular weight excluding hydrogens is 298 g/mol. The molecule has 1 aromatic heterocycles. The van der Waals surface area contributed by atoms with Crippen LogP contribution in [-0.2, 0) is 4.74 Å². The standard InChI is InChI=1S/C13H20ClN3O2S/c1-13(2,3)19-12(18)17-6-4-5-16(7-8-17)11-15-10(14)9-20-11/h9H,4-8H2,1-3H3. The van der Waals surface area contributed by atoms with E-state index in [0.717, 1.165) is 24.6 Å². The topological polar surface area (TPSA) is 45.7 Å². The monoisotopic (exact) mass is 317 g/mol. The van der Waals surface area contributed by atoms with E-state index in [1.54, 1.807) is 4.90 Å². The molecular formula is C13H20ClN3O2S. The second-order valence-electron chi connectivity index (χ2n) is 5.76. The van der Waals surface area contributed by atoms with E-state index in [-0.39, 0.29) is 6.09 Å². The summed E-state index contributed by atoms with van der Waals surface area (Å²) in [6, 6.07) is 0. The summed E-state index contributed by atoms with van der Waals surface area (Å²) in [5.74, 6) is 0. The Labute approximate surface area is 128 Å². The van der Waals surface area contributed by atoms with Gasteiger partial charge in [0, 0.05) is 31.6 Å². The number of aromatic nitrogens is 1. The SMILES string of the molecule is CC(C)(C)OC(=O)N1CCCN(c2nc(Cl)cs2)CC1. The van der Waals surface area contributed by atoms with Gasteiger partial charge in [-0.25, -0.2) is 9.78 Å². The summed E-state index contributed by atoms with van der Waals surface area (Å²) in [4.78, 5) is 20.3. The highest BCUT2D eigenvalue weighted by molar-refractivity contribution is 7.14. The van der Waals surface area contributed by atoms with Crippen LogP contribution >= 0.6 is 22.9 Å². The summed E-state index contributed by atoms with van der Waals surface area (Å²) in [6.07, 6.45) is 0.660. The van der Waals surface area contributed by atoms with Crippen molar-refractivity contribution in [3.05, 3.63) is 10.5 Å². The summed E-state index contributed by atoms with van der Waals surface area (Å²) >= 11 is 7.39. The Morgan fingerprint density at radius 1 is 1.35 bits per heavy atom. The Balaban J connectivity index is 1.94. The van der Waals surface area contributed by atoms with E-state index in [1.807, 2.05) is 26.2 Å². The largest absolute Gasteiger partial charge is 0.444 e. The number of rotatable bonds is 1. The number of hydrogen-bond donors (Lipinski definition) is 0. The number of hydrogen-bond acceptors (Lipinski definition) is 5. The first-order chi connectivity index (χ1) is 9.35. The van der Waals surface area contributed by atoms with Crippen molar-refractivity contribution in [3.8, 4) is 0 Å². The van der Waals surface area contributed by atoms with Crippen LogP contribution in [0.2, 0.25) is 5.15 Å². The van der Waals surface area contributed by atoms with Gasteiger partial charge in [0.1, 0.15) is 10.8 Å². The van der Waals surface area contributed by atoms with Gasteiger partial charge in [0.05, 0.1) is 0 Å². The lowest BCUT2D eigenvalue weighted by atomic mass is 10.2. The van der Waals surface area contributed by atoms with Crippen LogP contribution in [0.5, 0.6) is 0 Å². The van der Waals surface area contributed by atoms with E-state index >= 15 is 0 Å². The molecule has 0 aliphatic carbocycles. The van der Waals surface area contributed by atoms with Crippen LogP contribution in [0, 0.1) is 0 Å². The van der Waals surface area contributed by atoms with Crippen molar-refractivity contribution >= 4 is 34.2 Å². The molecule has 1 amide bonds. The zero-order chi connectivity index (χ0) is 14.8. The van der Waals surface area contributed by atoms with Crippen LogP contribution in [0.1, 0.15) is 27.2 Å². The number of carbonyl (C=O) groups is 1. The molecule has 0 radical (unpaired) electrons. The Kier molecular flexibility index (Phi) is 4.75. The van der Waals surface area contributed by atoms with Gasteiger partial charge in [-0.3, -0.25) is 0 Å². The number of thiazole rings is 1. The molecule has 0 unspecified atom stereocenters. The molecule has 0 aromatic carbocycles. The van der Waals surface area contributed by atoms with Crippen LogP contribution in [0.15, 0.2) is 5.38 Å². The number of halogens is 1. The first kappa shape index (κ1) is 15.4. The first-order valence-corrected chi connectivity index (χ1v) is 7.95. The molecule has 1 aromatic rings. The maximum Gasteiger partial charge on any atom is 0.410 e. The second-order valence-corrected chi connectivity index (χ2v) is 6.98. The zero-order valence-corrected chi connectivity index (χ0v) is 13.6. The van der Waals surface area contributed by atoms with Gasteiger partial charge in [-0.05, 0) is 27.2 Å². The zero-order valence-electron chi connectivity index (χ0n) is 12.1. The van der Waals surface area contributed by atoms with Crippen molar-refractivity contribution in [2.24, 2.45) is 0 Å². The molecule has 1 saturated heterocycles. The smallest absolute Gasteiger partial charge is 0.410 e. The summed E-state index contributed by atoms with van der Waals surface area (Å²) in [7, 11) is 0. The van der Waals surface area contributed by atoms with Gasteiger partial charge in [0.25, 0.3) is 0 Å². The molecule has 0 N–H and O–H groups in total. The van der Waals surface area contributed by atoms with Crippen molar-refractivity contribution in [3.63, 3.8) is 0 Å². The Morgan fingerprint density at radius 3 is 2.70 bits per heavy atom. The highest BCUT2D eigenvalue weighted by Gasteiger charge is 2.25. The van der Waals surface area contributed by atoms with Crippen molar-refractivity contribution in [1.82, 2.24) is 9.88 Å². The minimum absolute atomic E-state index is 0.239. The van der Waals surface area contributed by atoms with E-state index in [4.69, 9.17) is 16.3 Å². The fourth-order valence-electron chi connectivity index (χ4n) is 2.01. The third kappa shape index (κ3) is 4.24. The Morgan fingerprint density at radius 2 is 2.10 bits per heavy atom. The first-order valence-electron chi connectivity index (χ1n) is 6.69. The average Bonchev–Trinajstić information content (AvgIpc) is 2.62. The van der Waals surface area contributed by atoms with Crippen LogP contribution in [0.3, 0.4) is 0 Å². The Bertz CT molecular complexity index is 472. The van der Waals surface area contributed by atoms with Crippen LogP contribution < -0.4 is 4.90 Å². The third-order valence-electron chi connectivity index (χ3n) is 2.88. The molecule has 0 bridgehead atoms. The lowest BCUT2D eigenvalue weighted by molar-refractivity contribution is 0.0263. The maximum atomic E-state index is 12.1. The minimum Gasteiger partial charge on any atom is -0.444 e. The van der Waals surface area contributed by atoms with Gasteiger partial charge in [-0.15, -0.1) is 11.3 Å². The molecule has 2 rings (SSSR count). The van der Waals surface area contributed by atoms with Gasteiger partial charge in [0.15, 0.2) is 5.13 Å². The van der Waals surface area contributed by atoms with Gasteiger partial charge < -0.3 is 14.5 Å². The second kappa shape index (κ2) is 6.18. The lowest BCUT2D eigenvalue weighted by Crippen LogP contribution is -2.39. The highest BCUT2D eigenvalue weighted by atomic mass is 35.5. The van der Waals surface area contributed by atoms with Crippen LogP contribution in [-0.4, -0.2) is 47.8 Å². The van der Waals surface area contributed by atoms with Crippen LogP contribution in [0.4, 0.5) is 9.93 Å². The predicted molar refractivity (Wildman–Crippen MR) is 81.8 cm³/mol. The van der Waals surface area contributed by atoms with Crippen molar-refractivity contribution in [1.29, 1.82) is 0 Å². The molecule has 0 atom stereocenters. The third-order valence-corrected chi connectivity index (χ3v) is 4.11. The summed E-state index contributed by atoms with van der Waals surface area (Å²) in [5.41, 5.74) is -0.452. The van der Waals surface area contributed by atoms with Gasteiger partial charge in [-0.2, -0.15) is 0 Å². The van der Waals surface area contributed by atoms with Gasteiger partial charge in [-0.1, -0.05) is 11.6 Å². The number of amides is 1. The highest BCUT2D eigenvalue weighted by Crippen LogP contribution is 2.24. The summed E-state index contributed by atoms with van der Waals surface area (Å²) in [6.45, 7) is 8.63. The van der Waals surface area contributed by atoms with Crippen LogP contribution in [0.25, 0.3) is 0 Å². The van der Waals surface area contributed by atoms with Crippen molar-refractivity contribution < 1.29 is 9.53 Å². The fourth-order valence-corrected chi connectivity index (χ4v) is 3.01. The molecule has 0 spiro atoms. The molecule has 20 heavy (non-hydrogen) atoms. The lowest BCUT2D eigenvalue weighted by Gasteiger charge is -2.26. The van der Waals surface area contributed by atoms with Crippen molar-refractivity contribution in [2.75, 3.05) is 31.1 Å². The van der Waals surface area contributed by atoms with Crippen molar-refractivity contribution in [2.45, 2.75) is 32.8 Å². The molecule has 1 aliphatic rings. The summed E-state index contributed by atoms with van der Waals surface area (Å²) < 4.78 is 5.41. The fraction of sp³-hybridized carbons (Fsp3) is 0.692. The average molecular weight is 318 g/mol. The molecule has 2 heterocycles. The van der Waals surface area contributed by atoms with Gasteiger partial charge in [0.2, 0.25) is 0 Å². The number of ether oxygens (including phenoxy) is 1. The summed E-state index contributed by atoms with van der Waals surface area (Å²) in [5, 5.41) is 3.27. The maximum absolute atomic E-state index is 12.1. The van der Waals surface area contributed by atoms with E-state index in [0.29, 0.717) is 18.2 Å². The molecule has 5 nitrogen and oxygen atoms in total.